The van der Waals surface area contributed by atoms with E-state index in [0.717, 1.165) is 18.6 Å². The molecule has 0 radical (unpaired) electrons. The minimum atomic E-state index is -4.74. The van der Waals surface area contributed by atoms with Crippen LogP contribution in [-0.2, 0) is 6.18 Å². The van der Waals surface area contributed by atoms with Crippen LogP contribution >= 0.6 is 0 Å². The minimum absolute atomic E-state index is 0.0218. The summed E-state index contributed by atoms with van der Waals surface area (Å²) in [5, 5.41) is 0.308. The first-order valence-corrected chi connectivity index (χ1v) is 12.5. The van der Waals surface area contributed by atoms with E-state index in [0.29, 0.717) is 36.0 Å². The van der Waals surface area contributed by atoms with Gasteiger partial charge in [0, 0.05) is 43.2 Å². The second-order valence-corrected chi connectivity index (χ2v) is 10.0. The molecule has 7 nitrogen and oxygen atoms in total. The molecule has 5 rings (SSSR count). The van der Waals surface area contributed by atoms with Crippen molar-refractivity contribution >= 4 is 16.7 Å². The molecular weight excluding hydrogens is 533 g/mol. The van der Waals surface area contributed by atoms with E-state index in [1.807, 2.05) is 19.0 Å². The lowest BCUT2D eigenvalue weighted by molar-refractivity contribution is -0.138. The van der Waals surface area contributed by atoms with Crippen molar-refractivity contribution in [3.63, 3.8) is 0 Å². The highest BCUT2D eigenvalue weighted by Gasteiger charge is 2.35. The molecule has 1 N–H and O–H groups in total. The Bertz CT molecular complexity index is 1670. The number of ether oxygens (including phenoxy) is 1. The number of fused-ring (bicyclic) bond motifs is 1. The van der Waals surface area contributed by atoms with Gasteiger partial charge < -0.3 is 19.5 Å². The highest BCUT2D eigenvalue weighted by atomic mass is 19.4. The molecule has 1 unspecified atom stereocenters. The van der Waals surface area contributed by atoms with E-state index >= 15 is 0 Å². The standard InChI is InChI=1S/C28H26F5N5O2/c1-14-17(28(31,32)33)12-35-27(40-22-6-5-18(29)25(30)15(22)2)23(14)20-11-21(39)24-19(36-20)7-9-34-26(24)38-10-8-16(13-38)37(3)4/h5-7,9,11-12,16H,8,10,13H2,1-4H3,(H,36,39). The molecule has 0 amide bonds. The summed E-state index contributed by atoms with van der Waals surface area (Å²) >= 11 is 0. The fourth-order valence-corrected chi connectivity index (χ4v) is 5.02. The van der Waals surface area contributed by atoms with Gasteiger partial charge in [-0.3, -0.25) is 4.79 Å². The van der Waals surface area contributed by atoms with Crippen LogP contribution in [0.2, 0.25) is 0 Å². The zero-order valence-corrected chi connectivity index (χ0v) is 22.2. The van der Waals surface area contributed by atoms with Gasteiger partial charge in [-0.15, -0.1) is 0 Å². The number of hydrogen-bond acceptors (Lipinski definition) is 6. The molecule has 1 aliphatic heterocycles. The number of halogens is 5. The Labute approximate surface area is 226 Å². The Morgan fingerprint density at radius 1 is 1.10 bits per heavy atom. The van der Waals surface area contributed by atoms with Gasteiger partial charge in [-0.05, 0) is 58.1 Å². The fourth-order valence-electron chi connectivity index (χ4n) is 5.02. The Morgan fingerprint density at radius 3 is 2.52 bits per heavy atom. The van der Waals surface area contributed by atoms with Crippen molar-refractivity contribution in [1.29, 1.82) is 0 Å². The second-order valence-electron chi connectivity index (χ2n) is 10.0. The Morgan fingerprint density at radius 2 is 1.85 bits per heavy atom. The molecule has 4 heterocycles. The minimum Gasteiger partial charge on any atom is -0.438 e. The average Bonchev–Trinajstić information content (AvgIpc) is 3.39. The van der Waals surface area contributed by atoms with Crippen LogP contribution in [0.5, 0.6) is 11.6 Å². The number of nitrogens with zero attached hydrogens (tertiary/aromatic N) is 4. The van der Waals surface area contributed by atoms with Crippen molar-refractivity contribution in [2.45, 2.75) is 32.5 Å². The predicted octanol–water partition coefficient (Wildman–Crippen LogP) is 5.83. The molecule has 210 valence electrons. The molecule has 3 aromatic heterocycles. The van der Waals surface area contributed by atoms with Gasteiger partial charge in [0.1, 0.15) is 11.6 Å². The zero-order valence-electron chi connectivity index (χ0n) is 22.2. The van der Waals surface area contributed by atoms with E-state index in [1.165, 1.54) is 26.1 Å². The van der Waals surface area contributed by atoms with Gasteiger partial charge >= 0.3 is 6.18 Å². The smallest absolute Gasteiger partial charge is 0.418 e. The highest BCUT2D eigenvalue weighted by Crippen LogP contribution is 2.41. The molecule has 1 aromatic carbocycles. The van der Waals surface area contributed by atoms with Crippen molar-refractivity contribution in [3.05, 3.63) is 75.2 Å². The molecule has 1 saturated heterocycles. The summed E-state index contributed by atoms with van der Waals surface area (Å²) in [5.74, 6) is -2.20. The monoisotopic (exact) mass is 559 g/mol. The van der Waals surface area contributed by atoms with E-state index in [2.05, 4.69) is 19.9 Å². The van der Waals surface area contributed by atoms with Crippen molar-refractivity contribution in [1.82, 2.24) is 19.9 Å². The third kappa shape index (κ3) is 4.87. The van der Waals surface area contributed by atoms with Crippen LogP contribution in [0.15, 0.2) is 41.5 Å². The van der Waals surface area contributed by atoms with Crippen LogP contribution in [0.25, 0.3) is 22.2 Å². The second kappa shape index (κ2) is 10.2. The molecule has 40 heavy (non-hydrogen) atoms. The van der Waals surface area contributed by atoms with Crippen molar-refractivity contribution < 1.29 is 26.7 Å². The summed E-state index contributed by atoms with van der Waals surface area (Å²) in [6, 6.07) is 5.04. The maximum Gasteiger partial charge on any atom is 0.418 e. The lowest BCUT2D eigenvalue weighted by atomic mass is 10.0. The quantitative estimate of drug-likeness (QED) is 0.310. The van der Waals surface area contributed by atoms with Gasteiger partial charge in [-0.25, -0.2) is 18.7 Å². The van der Waals surface area contributed by atoms with Gasteiger partial charge in [-0.1, -0.05) is 0 Å². The lowest BCUT2D eigenvalue weighted by Gasteiger charge is -2.22. The number of likely N-dealkylation sites (N-methyl/N-ethyl adjacent to an activating group) is 1. The van der Waals surface area contributed by atoms with Gasteiger partial charge in [0.05, 0.1) is 27.7 Å². The van der Waals surface area contributed by atoms with Gasteiger partial charge in [0.25, 0.3) is 0 Å². The number of aromatic nitrogens is 3. The van der Waals surface area contributed by atoms with Gasteiger partial charge in [0.15, 0.2) is 17.1 Å². The molecule has 1 atom stereocenters. The first-order chi connectivity index (χ1) is 18.9. The van der Waals surface area contributed by atoms with Crippen LogP contribution in [0.4, 0.5) is 27.8 Å². The fraction of sp³-hybridized carbons (Fsp3) is 0.321. The summed E-state index contributed by atoms with van der Waals surface area (Å²) in [7, 11) is 3.97. The van der Waals surface area contributed by atoms with E-state index in [-0.39, 0.29) is 40.1 Å². The highest BCUT2D eigenvalue weighted by molar-refractivity contribution is 5.91. The molecule has 0 aliphatic carbocycles. The van der Waals surface area contributed by atoms with Crippen molar-refractivity contribution in [3.8, 4) is 22.9 Å². The number of anilines is 1. The number of hydrogen-bond donors (Lipinski definition) is 1. The summed E-state index contributed by atoms with van der Waals surface area (Å²) in [4.78, 5) is 29.0. The Balaban J connectivity index is 1.67. The van der Waals surface area contributed by atoms with Crippen molar-refractivity contribution in [2.24, 2.45) is 0 Å². The topological polar surface area (TPSA) is 74.3 Å². The van der Waals surface area contributed by atoms with E-state index in [9.17, 15) is 26.7 Å². The number of benzene rings is 1. The third-order valence-corrected chi connectivity index (χ3v) is 7.29. The first-order valence-electron chi connectivity index (χ1n) is 12.5. The molecule has 4 aromatic rings. The summed E-state index contributed by atoms with van der Waals surface area (Å²) < 4.78 is 75.1. The molecule has 12 heteroatoms. The molecular formula is C28H26F5N5O2. The predicted molar refractivity (Wildman–Crippen MR) is 141 cm³/mol. The maximum atomic E-state index is 14.2. The number of nitrogens with one attached hydrogen (secondary N) is 1. The van der Waals surface area contributed by atoms with Gasteiger partial charge in [-0.2, -0.15) is 13.2 Å². The normalized spacial score (nSPS) is 15.8. The average molecular weight is 560 g/mol. The number of aromatic amines is 1. The zero-order chi connectivity index (χ0) is 28.9. The third-order valence-electron chi connectivity index (χ3n) is 7.29. The Kier molecular flexibility index (Phi) is 6.99. The van der Waals surface area contributed by atoms with Crippen LogP contribution in [0.1, 0.15) is 23.1 Å². The molecule has 0 spiro atoms. The van der Waals surface area contributed by atoms with Gasteiger partial charge in [0.2, 0.25) is 5.88 Å². The van der Waals surface area contributed by atoms with Crippen LogP contribution in [0.3, 0.4) is 0 Å². The largest absolute Gasteiger partial charge is 0.438 e. The number of H-pyrrole nitrogens is 1. The van der Waals surface area contributed by atoms with Crippen LogP contribution < -0.4 is 15.1 Å². The maximum absolute atomic E-state index is 14.2. The van der Waals surface area contributed by atoms with Crippen LogP contribution in [0, 0.1) is 25.5 Å². The Hall–Kier alpha value is -4.06. The van der Waals surface area contributed by atoms with Crippen molar-refractivity contribution in [2.75, 3.05) is 32.1 Å². The van der Waals surface area contributed by atoms with E-state index in [4.69, 9.17) is 4.74 Å². The lowest BCUT2D eigenvalue weighted by Crippen LogP contribution is -2.32. The molecule has 0 bridgehead atoms. The molecule has 1 aliphatic rings. The van der Waals surface area contributed by atoms with E-state index < -0.39 is 28.8 Å². The van der Waals surface area contributed by atoms with E-state index in [1.54, 1.807) is 6.07 Å². The number of pyridine rings is 3. The SMILES string of the molecule is Cc1c(Oc2ncc(C(F)(F)F)c(C)c2-c2cc(=O)c3c(N4CCC(N(C)C)C4)nccc3[nH]2)ccc(F)c1F. The summed E-state index contributed by atoms with van der Waals surface area (Å²) in [5.41, 5.74) is -1.66. The first kappa shape index (κ1) is 27.5. The van der Waals surface area contributed by atoms with Crippen LogP contribution in [-0.4, -0.2) is 53.1 Å². The summed E-state index contributed by atoms with van der Waals surface area (Å²) in [6.45, 7) is 3.87. The number of alkyl halides is 3. The number of rotatable bonds is 5. The molecule has 1 fully saturated rings. The summed E-state index contributed by atoms with van der Waals surface area (Å²) in [6.07, 6.45) is -1.71. The molecule has 0 saturated carbocycles.